The van der Waals surface area contributed by atoms with Gasteiger partial charge in [0.25, 0.3) is 5.69 Å². The second kappa shape index (κ2) is 5.61. The molecule has 0 spiro atoms. The number of halogens is 1. The predicted octanol–water partition coefficient (Wildman–Crippen LogP) is 4.47. The van der Waals surface area contributed by atoms with Crippen LogP contribution >= 0.6 is 11.6 Å². The van der Waals surface area contributed by atoms with Gasteiger partial charge in [0.15, 0.2) is 0 Å². The van der Waals surface area contributed by atoms with Crippen molar-refractivity contribution in [2.75, 3.05) is 7.11 Å². The molecule has 0 atom stereocenters. The first-order valence-corrected chi connectivity index (χ1v) is 6.85. The summed E-state index contributed by atoms with van der Waals surface area (Å²) in [5, 5.41) is 11.8. The minimum Gasteiger partial charge on any atom is -0.497 e. The average molecular weight is 315 g/mol. The van der Waals surface area contributed by atoms with Crippen LogP contribution in [0.25, 0.3) is 22.2 Å². The van der Waals surface area contributed by atoms with Gasteiger partial charge in [-0.1, -0.05) is 11.6 Å². The third kappa shape index (κ3) is 2.58. The maximum atomic E-state index is 10.8. The third-order valence-electron chi connectivity index (χ3n) is 3.34. The highest BCUT2D eigenvalue weighted by Crippen LogP contribution is 2.31. The number of non-ortho nitro benzene ring substituents is 1. The van der Waals surface area contributed by atoms with E-state index < -0.39 is 4.92 Å². The summed E-state index contributed by atoms with van der Waals surface area (Å²) < 4.78 is 5.12. The average Bonchev–Trinajstić information content (AvgIpc) is 2.54. The lowest BCUT2D eigenvalue weighted by Crippen LogP contribution is -1.91. The summed E-state index contributed by atoms with van der Waals surface area (Å²) in [4.78, 5) is 14.9. The maximum Gasteiger partial charge on any atom is 0.270 e. The van der Waals surface area contributed by atoms with Crippen LogP contribution in [-0.4, -0.2) is 17.0 Å². The van der Waals surface area contributed by atoms with Crippen molar-refractivity contribution in [2.24, 2.45) is 0 Å². The Bertz CT molecular complexity index is 863. The summed E-state index contributed by atoms with van der Waals surface area (Å²) in [5.41, 5.74) is 2.20. The minimum absolute atomic E-state index is 0.00611. The Balaban J connectivity index is 2.12. The number of nitro groups is 1. The fourth-order valence-electron chi connectivity index (χ4n) is 2.20. The van der Waals surface area contributed by atoms with Gasteiger partial charge in [0, 0.05) is 23.1 Å². The Morgan fingerprint density at radius 2 is 1.86 bits per heavy atom. The van der Waals surface area contributed by atoms with Crippen molar-refractivity contribution in [1.82, 2.24) is 4.98 Å². The molecule has 22 heavy (non-hydrogen) atoms. The van der Waals surface area contributed by atoms with Crippen LogP contribution in [0.15, 0.2) is 48.5 Å². The Hall–Kier alpha value is -2.66. The molecule has 0 radical (unpaired) electrons. The first-order valence-electron chi connectivity index (χ1n) is 6.47. The van der Waals surface area contributed by atoms with Gasteiger partial charge >= 0.3 is 0 Å². The van der Waals surface area contributed by atoms with E-state index in [2.05, 4.69) is 4.98 Å². The molecular formula is C16H11ClN2O3. The Morgan fingerprint density at radius 3 is 2.50 bits per heavy atom. The lowest BCUT2D eigenvalue weighted by molar-refractivity contribution is -0.384. The van der Waals surface area contributed by atoms with Gasteiger partial charge in [0.2, 0.25) is 0 Å². The minimum atomic E-state index is -0.451. The maximum absolute atomic E-state index is 10.8. The highest BCUT2D eigenvalue weighted by Gasteiger charge is 2.11. The summed E-state index contributed by atoms with van der Waals surface area (Å²) in [6, 6.07) is 13.6. The molecule has 0 saturated carbocycles. The number of nitro benzene ring substituents is 1. The van der Waals surface area contributed by atoms with E-state index in [-0.39, 0.29) is 5.69 Å². The molecule has 110 valence electrons. The van der Waals surface area contributed by atoms with E-state index in [1.807, 2.05) is 24.3 Å². The second-order valence-electron chi connectivity index (χ2n) is 4.68. The molecule has 0 saturated heterocycles. The van der Waals surface area contributed by atoms with Gasteiger partial charge in [-0.3, -0.25) is 10.1 Å². The molecule has 3 aromatic rings. The number of aromatic nitrogens is 1. The predicted molar refractivity (Wildman–Crippen MR) is 85.4 cm³/mol. The number of methoxy groups -OCH3 is 1. The lowest BCUT2D eigenvalue weighted by Gasteiger charge is -2.06. The summed E-state index contributed by atoms with van der Waals surface area (Å²) in [5.74, 6) is 0.756. The molecule has 0 unspecified atom stereocenters. The summed E-state index contributed by atoms with van der Waals surface area (Å²) in [6.07, 6.45) is 0. The number of fused-ring (bicyclic) bond motifs is 1. The molecule has 1 heterocycles. The molecule has 3 rings (SSSR count). The van der Waals surface area contributed by atoms with E-state index in [0.29, 0.717) is 21.6 Å². The molecule has 0 N–H and O–H groups in total. The van der Waals surface area contributed by atoms with Gasteiger partial charge in [-0.2, -0.15) is 0 Å². The van der Waals surface area contributed by atoms with E-state index in [1.165, 1.54) is 12.1 Å². The van der Waals surface area contributed by atoms with E-state index in [4.69, 9.17) is 16.3 Å². The van der Waals surface area contributed by atoms with Crippen LogP contribution in [0.2, 0.25) is 5.02 Å². The van der Waals surface area contributed by atoms with Crippen LogP contribution in [0, 0.1) is 10.1 Å². The number of hydrogen-bond acceptors (Lipinski definition) is 4. The fourth-order valence-corrected chi connectivity index (χ4v) is 2.45. The first-order chi connectivity index (χ1) is 10.6. The number of nitrogens with zero attached hydrogens (tertiary/aromatic N) is 2. The topological polar surface area (TPSA) is 65.3 Å². The van der Waals surface area contributed by atoms with Crippen molar-refractivity contribution in [3.05, 3.63) is 63.7 Å². The molecule has 1 aromatic heterocycles. The van der Waals surface area contributed by atoms with Crippen LogP contribution in [0.3, 0.4) is 0 Å². The molecule has 0 aliphatic rings. The highest BCUT2D eigenvalue weighted by atomic mass is 35.5. The monoisotopic (exact) mass is 314 g/mol. The van der Waals surface area contributed by atoms with Crippen molar-refractivity contribution in [3.63, 3.8) is 0 Å². The molecule has 0 bridgehead atoms. The lowest BCUT2D eigenvalue weighted by atomic mass is 10.1. The third-order valence-corrected chi connectivity index (χ3v) is 3.65. The van der Waals surface area contributed by atoms with E-state index in [1.54, 1.807) is 19.2 Å². The van der Waals surface area contributed by atoms with Crippen molar-refractivity contribution in [1.29, 1.82) is 0 Å². The molecule has 2 aromatic carbocycles. The zero-order valence-corrected chi connectivity index (χ0v) is 12.4. The molecule has 0 aliphatic carbocycles. The number of rotatable bonds is 3. The molecule has 0 fully saturated rings. The van der Waals surface area contributed by atoms with Crippen LogP contribution in [0.1, 0.15) is 0 Å². The normalized spacial score (nSPS) is 10.6. The Labute approximate surface area is 131 Å². The number of benzene rings is 2. The van der Waals surface area contributed by atoms with Crippen LogP contribution in [0.4, 0.5) is 5.69 Å². The van der Waals surface area contributed by atoms with Crippen molar-refractivity contribution in [2.45, 2.75) is 0 Å². The number of ether oxygens (including phenoxy) is 1. The quantitative estimate of drug-likeness (QED) is 0.528. The molecule has 0 amide bonds. The van der Waals surface area contributed by atoms with Crippen molar-refractivity contribution >= 4 is 28.2 Å². The van der Waals surface area contributed by atoms with Crippen molar-refractivity contribution in [3.8, 4) is 17.0 Å². The fraction of sp³-hybridized carbons (Fsp3) is 0.0625. The van der Waals surface area contributed by atoms with Gasteiger partial charge in [0.05, 0.1) is 28.3 Å². The van der Waals surface area contributed by atoms with E-state index in [0.717, 1.165) is 11.3 Å². The molecule has 6 heteroatoms. The van der Waals surface area contributed by atoms with Gasteiger partial charge in [-0.05, 0) is 36.4 Å². The summed E-state index contributed by atoms with van der Waals surface area (Å²) >= 11 is 6.26. The largest absolute Gasteiger partial charge is 0.497 e. The zero-order chi connectivity index (χ0) is 15.7. The van der Waals surface area contributed by atoms with Crippen LogP contribution < -0.4 is 4.74 Å². The number of pyridine rings is 1. The SMILES string of the molecule is COc1ccc(-c2cc(Cl)c3cc([N+](=O)[O-])ccc3n2)cc1. The standard InChI is InChI=1S/C16H11ClN2O3/c1-22-12-5-2-10(3-6-12)16-9-14(17)13-8-11(19(20)21)4-7-15(13)18-16/h2-9H,1H3. The van der Waals surface area contributed by atoms with E-state index in [9.17, 15) is 10.1 Å². The number of hydrogen-bond donors (Lipinski definition) is 0. The smallest absolute Gasteiger partial charge is 0.270 e. The Kier molecular flexibility index (Phi) is 3.65. The van der Waals surface area contributed by atoms with Gasteiger partial charge < -0.3 is 4.74 Å². The van der Waals surface area contributed by atoms with Crippen LogP contribution in [0.5, 0.6) is 5.75 Å². The highest BCUT2D eigenvalue weighted by molar-refractivity contribution is 6.35. The van der Waals surface area contributed by atoms with Crippen molar-refractivity contribution < 1.29 is 9.66 Å². The van der Waals surface area contributed by atoms with Gasteiger partial charge in [0.1, 0.15) is 5.75 Å². The first kappa shape index (κ1) is 14.3. The molecular weight excluding hydrogens is 304 g/mol. The van der Waals surface area contributed by atoms with Gasteiger partial charge in [-0.15, -0.1) is 0 Å². The van der Waals surface area contributed by atoms with E-state index >= 15 is 0 Å². The molecule has 0 aliphatic heterocycles. The Morgan fingerprint density at radius 1 is 1.14 bits per heavy atom. The van der Waals surface area contributed by atoms with Gasteiger partial charge in [-0.25, -0.2) is 4.98 Å². The summed E-state index contributed by atoms with van der Waals surface area (Å²) in [7, 11) is 1.60. The summed E-state index contributed by atoms with van der Waals surface area (Å²) in [6.45, 7) is 0. The van der Waals surface area contributed by atoms with Crippen LogP contribution in [-0.2, 0) is 0 Å². The second-order valence-corrected chi connectivity index (χ2v) is 5.08. The molecule has 5 nitrogen and oxygen atoms in total. The zero-order valence-electron chi connectivity index (χ0n) is 11.6.